The highest BCUT2D eigenvalue weighted by Crippen LogP contribution is 2.04. The minimum Gasteiger partial charge on any atom is -0.481 e. The van der Waals surface area contributed by atoms with Gasteiger partial charge in [-0.2, -0.15) is 0 Å². The van der Waals surface area contributed by atoms with Gasteiger partial charge >= 0.3 is 11.9 Å². The lowest BCUT2D eigenvalue weighted by atomic mass is 10.1. The molecule has 0 radical (unpaired) electrons. The van der Waals surface area contributed by atoms with E-state index in [1.165, 1.54) is 26.4 Å². The second kappa shape index (κ2) is 11.5. The predicted molar refractivity (Wildman–Crippen MR) is 102 cm³/mol. The number of carboxylic acids is 2. The van der Waals surface area contributed by atoms with Crippen molar-refractivity contribution in [1.82, 2.24) is 25.9 Å². The Morgan fingerprint density at radius 2 is 1.63 bits per heavy atom. The van der Waals surface area contributed by atoms with E-state index in [1.54, 1.807) is 0 Å². The molecule has 3 amide bonds. The zero-order chi connectivity index (χ0) is 22.8. The van der Waals surface area contributed by atoms with Crippen LogP contribution in [0.2, 0.25) is 0 Å². The molecule has 1 rings (SSSR count). The van der Waals surface area contributed by atoms with E-state index in [0.717, 1.165) is 0 Å². The van der Waals surface area contributed by atoms with Crippen molar-refractivity contribution in [3.8, 4) is 0 Å². The minimum atomic E-state index is -1.27. The largest absolute Gasteiger partial charge is 0.481 e. The molecule has 8 N–H and O–H groups in total. The van der Waals surface area contributed by atoms with Crippen molar-refractivity contribution in [3.05, 3.63) is 18.2 Å². The number of aromatic amines is 1. The summed E-state index contributed by atoms with van der Waals surface area (Å²) >= 11 is 0. The van der Waals surface area contributed by atoms with E-state index in [2.05, 4.69) is 25.9 Å². The molecular formula is C17H26N6O7. The number of H-pyrrole nitrogens is 1. The van der Waals surface area contributed by atoms with Crippen LogP contribution in [0.3, 0.4) is 0 Å². The summed E-state index contributed by atoms with van der Waals surface area (Å²) in [5, 5.41) is 24.9. The third kappa shape index (κ3) is 8.26. The Bertz CT molecular complexity index is 765. The molecule has 1 heterocycles. The first-order valence-electron chi connectivity index (χ1n) is 9.09. The number of aromatic nitrogens is 2. The molecule has 4 unspecified atom stereocenters. The van der Waals surface area contributed by atoms with Crippen LogP contribution in [0.25, 0.3) is 0 Å². The lowest BCUT2D eigenvalue weighted by molar-refractivity contribution is -0.141. The summed E-state index contributed by atoms with van der Waals surface area (Å²) in [5.74, 6) is -4.70. The molecule has 0 spiro atoms. The normalized spacial score (nSPS) is 14.6. The van der Waals surface area contributed by atoms with E-state index >= 15 is 0 Å². The summed E-state index contributed by atoms with van der Waals surface area (Å²) in [6, 6.07) is -4.61. The van der Waals surface area contributed by atoms with Crippen LogP contribution in [0.15, 0.2) is 12.5 Å². The summed E-state index contributed by atoms with van der Waals surface area (Å²) in [7, 11) is 0. The smallest absolute Gasteiger partial charge is 0.325 e. The Balaban J connectivity index is 2.98. The average Bonchev–Trinajstić information content (AvgIpc) is 3.16. The first kappa shape index (κ1) is 24.6. The van der Waals surface area contributed by atoms with E-state index in [4.69, 9.17) is 15.9 Å². The number of nitrogens with zero attached hydrogens (tertiary/aromatic N) is 1. The number of carbonyl (C=O) groups excluding carboxylic acids is 3. The summed E-state index contributed by atoms with van der Waals surface area (Å²) in [6.45, 7) is 2.65. The quantitative estimate of drug-likeness (QED) is 0.191. The van der Waals surface area contributed by atoms with Crippen LogP contribution in [-0.2, 0) is 30.4 Å². The third-order valence-corrected chi connectivity index (χ3v) is 4.03. The van der Waals surface area contributed by atoms with Gasteiger partial charge in [0.25, 0.3) is 0 Å². The molecule has 13 nitrogen and oxygen atoms in total. The zero-order valence-corrected chi connectivity index (χ0v) is 16.5. The zero-order valence-electron chi connectivity index (χ0n) is 16.5. The van der Waals surface area contributed by atoms with E-state index in [9.17, 15) is 24.0 Å². The number of hydrogen-bond donors (Lipinski definition) is 7. The number of nitrogens with one attached hydrogen (secondary N) is 4. The highest BCUT2D eigenvalue weighted by atomic mass is 16.4. The van der Waals surface area contributed by atoms with Crippen LogP contribution < -0.4 is 21.7 Å². The molecule has 30 heavy (non-hydrogen) atoms. The van der Waals surface area contributed by atoms with Gasteiger partial charge < -0.3 is 36.9 Å². The minimum absolute atomic E-state index is 0.0448. The van der Waals surface area contributed by atoms with Crippen molar-refractivity contribution in [2.75, 3.05) is 0 Å². The average molecular weight is 426 g/mol. The van der Waals surface area contributed by atoms with E-state index in [0.29, 0.717) is 5.69 Å². The van der Waals surface area contributed by atoms with Crippen molar-refractivity contribution in [2.45, 2.75) is 57.3 Å². The predicted octanol–water partition coefficient (Wildman–Crippen LogP) is -2.28. The first-order chi connectivity index (χ1) is 14.0. The molecule has 0 saturated heterocycles. The number of aliphatic carboxylic acids is 2. The molecule has 0 aliphatic carbocycles. The topological polar surface area (TPSA) is 217 Å². The number of carbonyl (C=O) groups is 5. The number of nitrogens with two attached hydrogens (primary N) is 1. The van der Waals surface area contributed by atoms with Crippen LogP contribution in [0.5, 0.6) is 0 Å². The molecule has 0 aliphatic heterocycles. The van der Waals surface area contributed by atoms with Crippen molar-refractivity contribution < 1.29 is 34.2 Å². The van der Waals surface area contributed by atoms with E-state index < -0.39 is 60.2 Å². The van der Waals surface area contributed by atoms with Crippen LogP contribution in [0, 0.1) is 0 Å². The molecule has 0 saturated carbocycles. The molecule has 0 bridgehead atoms. The fraction of sp³-hybridized carbons (Fsp3) is 0.529. The lowest BCUT2D eigenvalue weighted by Gasteiger charge is -2.24. The summed E-state index contributed by atoms with van der Waals surface area (Å²) < 4.78 is 0. The van der Waals surface area contributed by atoms with E-state index in [-0.39, 0.29) is 12.8 Å². The molecule has 1 aromatic rings. The van der Waals surface area contributed by atoms with Crippen molar-refractivity contribution in [2.24, 2.45) is 5.73 Å². The second-order valence-electron chi connectivity index (χ2n) is 6.69. The van der Waals surface area contributed by atoms with Crippen molar-refractivity contribution in [1.29, 1.82) is 0 Å². The van der Waals surface area contributed by atoms with Crippen molar-refractivity contribution in [3.63, 3.8) is 0 Å². The molecule has 0 aliphatic rings. The summed E-state index contributed by atoms with van der Waals surface area (Å²) in [4.78, 5) is 65.5. The molecular weight excluding hydrogens is 400 g/mol. The number of imidazole rings is 1. The van der Waals surface area contributed by atoms with Gasteiger partial charge in [0, 0.05) is 24.7 Å². The molecule has 13 heteroatoms. The first-order valence-corrected chi connectivity index (χ1v) is 9.09. The summed E-state index contributed by atoms with van der Waals surface area (Å²) in [5.41, 5.74) is 5.96. The van der Waals surface area contributed by atoms with Crippen LogP contribution >= 0.6 is 0 Å². The number of hydrogen-bond acceptors (Lipinski definition) is 7. The van der Waals surface area contributed by atoms with Gasteiger partial charge in [-0.25, -0.2) is 4.98 Å². The molecule has 0 fully saturated rings. The van der Waals surface area contributed by atoms with Gasteiger partial charge in [-0.05, 0) is 20.3 Å². The third-order valence-electron chi connectivity index (χ3n) is 4.03. The number of amides is 3. The highest BCUT2D eigenvalue weighted by molar-refractivity contribution is 5.94. The van der Waals surface area contributed by atoms with Crippen molar-refractivity contribution >= 4 is 29.7 Å². The molecule has 4 atom stereocenters. The van der Waals surface area contributed by atoms with Gasteiger partial charge in [0.15, 0.2) is 0 Å². The number of carboxylic acid groups (broad SMARTS) is 2. The van der Waals surface area contributed by atoms with Gasteiger partial charge in [0.05, 0.1) is 12.4 Å². The maximum atomic E-state index is 12.7. The molecule has 0 aromatic carbocycles. The lowest BCUT2D eigenvalue weighted by Crippen LogP contribution is -2.57. The Morgan fingerprint density at radius 1 is 1.03 bits per heavy atom. The van der Waals surface area contributed by atoms with Gasteiger partial charge in [-0.15, -0.1) is 0 Å². The Kier molecular flexibility index (Phi) is 9.42. The Morgan fingerprint density at radius 3 is 2.13 bits per heavy atom. The second-order valence-corrected chi connectivity index (χ2v) is 6.69. The van der Waals surface area contributed by atoms with Gasteiger partial charge in [0.1, 0.15) is 18.1 Å². The molecule has 166 valence electrons. The van der Waals surface area contributed by atoms with Crippen LogP contribution in [0.4, 0.5) is 0 Å². The maximum Gasteiger partial charge on any atom is 0.325 e. The van der Waals surface area contributed by atoms with Gasteiger partial charge in [0.2, 0.25) is 17.7 Å². The van der Waals surface area contributed by atoms with E-state index in [1.807, 2.05) is 0 Å². The molecule has 1 aromatic heterocycles. The van der Waals surface area contributed by atoms with Crippen LogP contribution in [-0.4, -0.2) is 74.0 Å². The van der Waals surface area contributed by atoms with Crippen LogP contribution in [0.1, 0.15) is 32.4 Å². The SMILES string of the molecule is CC(N)C(=O)NC(CCC(=O)O)C(=O)NC(Cc1cnc[nH]1)C(=O)NC(C)C(=O)O. The van der Waals surface area contributed by atoms with Gasteiger partial charge in [-0.1, -0.05) is 0 Å². The maximum absolute atomic E-state index is 12.7. The summed E-state index contributed by atoms with van der Waals surface area (Å²) in [6.07, 6.45) is 2.10. The highest BCUT2D eigenvalue weighted by Gasteiger charge is 2.29. The number of rotatable bonds is 12. The fourth-order valence-electron chi connectivity index (χ4n) is 2.31. The Hall–Kier alpha value is -3.48. The Labute approximate surface area is 171 Å². The fourth-order valence-corrected chi connectivity index (χ4v) is 2.31. The standard InChI is InChI=1S/C17H26N6O7/c1-8(18)14(26)22-11(3-4-13(24)25)15(27)23-12(5-10-6-19-7-20-10)16(28)21-9(2)17(29)30/h6-9,11-12H,3-5,18H2,1-2H3,(H,19,20)(H,21,28)(H,22,26)(H,23,27)(H,24,25)(H,29,30). The van der Waals surface area contributed by atoms with Gasteiger partial charge in [-0.3, -0.25) is 24.0 Å². The monoisotopic (exact) mass is 426 g/mol.